The Bertz CT molecular complexity index is 1290. The van der Waals surface area contributed by atoms with Crippen molar-refractivity contribution in [2.45, 2.75) is 26.5 Å². The first-order valence-electron chi connectivity index (χ1n) is 10.1. The van der Waals surface area contributed by atoms with E-state index in [0.29, 0.717) is 0 Å². The molecule has 3 aromatic heterocycles. The van der Waals surface area contributed by atoms with Crippen molar-refractivity contribution in [1.82, 2.24) is 25.3 Å². The summed E-state index contributed by atoms with van der Waals surface area (Å²) < 4.78 is 5.77. The molecule has 0 saturated carbocycles. The minimum absolute atomic E-state index is 0.291. The molecule has 4 aromatic rings. The van der Waals surface area contributed by atoms with Gasteiger partial charge in [0.1, 0.15) is 5.82 Å². The smallest absolute Gasteiger partial charge is 0.157 e. The summed E-state index contributed by atoms with van der Waals surface area (Å²) in [5, 5.41) is 5.49. The van der Waals surface area contributed by atoms with Crippen molar-refractivity contribution in [3.8, 4) is 0 Å². The fraction of sp³-hybridized carbons (Fsp3) is 0.208. The van der Waals surface area contributed by atoms with Gasteiger partial charge in [-0.2, -0.15) is 0 Å². The molecule has 0 spiro atoms. The van der Waals surface area contributed by atoms with Crippen molar-refractivity contribution in [3.63, 3.8) is 0 Å². The Balaban J connectivity index is 1.80. The monoisotopic (exact) mass is 397 g/mol. The van der Waals surface area contributed by atoms with Crippen LogP contribution in [0.25, 0.3) is 38.4 Å². The highest BCUT2D eigenvalue weighted by Crippen LogP contribution is 2.34. The van der Waals surface area contributed by atoms with Crippen molar-refractivity contribution in [2.75, 3.05) is 7.11 Å². The minimum Gasteiger partial charge on any atom is -0.357 e. The maximum atomic E-state index is 5.77. The molecule has 1 aromatic carbocycles. The molecule has 0 bridgehead atoms. The molecule has 5 rings (SSSR count). The standard InChI is InChI=1S/C24H23N5O/c1-4-8-18-14(5-2)13-17(24(27-18)30-3)23-28-21-15-9-6-11-25-19(15)20-16(22(21)29-23)10-7-12-26-20/h4,6-13,24,27H,5H2,1-3H3,(H,28,29)/b8-4-. The van der Waals surface area contributed by atoms with E-state index in [0.717, 1.165) is 56.4 Å². The Kier molecular flexibility index (Phi) is 4.56. The number of aromatic amines is 1. The zero-order chi connectivity index (χ0) is 20.7. The van der Waals surface area contributed by atoms with E-state index in [1.807, 2.05) is 31.2 Å². The fourth-order valence-corrected chi connectivity index (χ4v) is 4.13. The summed E-state index contributed by atoms with van der Waals surface area (Å²) >= 11 is 0. The summed E-state index contributed by atoms with van der Waals surface area (Å²) in [5.74, 6) is 0.788. The van der Waals surface area contributed by atoms with Crippen LogP contribution < -0.4 is 5.32 Å². The summed E-state index contributed by atoms with van der Waals surface area (Å²) in [6, 6.07) is 7.99. The number of nitrogens with one attached hydrogen (secondary N) is 2. The van der Waals surface area contributed by atoms with Gasteiger partial charge in [0.05, 0.1) is 22.1 Å². The number of rotatable bonds is 4. The van der Waals surface area contributed by atoms with Gasteiger partial charge in [-0.15, -0.1) is 0 Å². The molecule has 6 nitrogen and oxygen atoms in total. The zero-order valence-corrected chi connectivity index (χ0v) is 17.2. The van der Waals surface area contributed by atoms with Gasteiger partial charge in [-0.3, -0.25) is 9.97 Å². The van der Waals surface area contributed by atoms with E-state index in [9.17, 15) is 0 Å². The second-order valence-corrected chi connectivity index (χ2v) is 7.26. The van der Waals surface area contributed by atoms with E-state index >= 15 is 0 Å². The van der Waals surface area contributed by atoms with Gasteiger partial charge < -0.3 is 15.0 Å². The maximum Gasteiger partial charge on any atom is 0.157 e. The average Bonchev–Trinajstić information content (AvgIpc) is 3.25. The van der Waals surface area contributed by atoms with Gasteiger partial charge in [-0.1, -0.05) is 13.0 Å². The number of nitrogens with zero attached hydrogens (tertiary/aromatic N) is 3. The lowest BCUT2D eigenvalue weighted by Crippen LogP contribution is -2.34. The number of hydrogen-bond donors (Lipinski definition) is 2. The van der Waals surface area contributed by atoms with Gasteiger partial charge in [0.2, 0.25) is 0 Å². The second-order valence-electron chi connectivity index (χ2n) is 7.26. The largest absolute Gasteiger partial charge is 0.357 e. The number of imidazole rings is 1. The normalized spacial score (nSPS) is 17.3. The Morgan fingerprint density at radius 1 is 1.07 bits per heavy atom. The molecule has 2 N–H and O–H groups in total. The van der Waals surface area contributed by atoms with Crippen LogP contribution in [0.2, 0.25) is 0 Å². The summed E-state index contributed by atoms with van der Waals surface area (Å²) in [5.41, 5.74) is 6.87. The molecule has 0 saturated heterocycles. The number of ether oxygens (including phenoxy) is 1. The summed E-state index contributed by atoms with van der Waals surface area (Å²) in [7, 11) is 1.71. The molecule has 6 heteroatoms. The maximum absolute atomic E-state index is 5.77. The van der Waals surface area contributed by atoms with Gasteiger partial charge in [0.25, 0.3) is 0 Å². The van der Waals surface area contributed by atoms with Crippen LogP contribution in [-0.2, 0) is 4.74 Å². The molecular weight excluding hydrogens is 374 g/mol. The Hall–Kier alpha value is -3.51. The number of fused-ring (bicyclic) bond motifs is 6. The van der Waals surface area contributed by atoms with Crippen LogP contribution in [0, 0.1) is 0 Å². The third-order valence-electron chi connectivity index (χ3n) is 5.54. The molecule has 1 atom stereocenters. The highest BCUT2D eigenvalue weighted by Gasteiger charge is 2.25. The molecule has 0 radical (unpaired) electrons. The molecule has 1 unspecified atom stereocenters. The van der Waals surface area contributed by atoms with Gasteiger partial charge in [-0.05, 0) is 55.3 Å². The van der Waals surface area contributed by atoms with Crippen LogP contribution in [0.4, 0.5) is 0 Å². The lowest BCUT2D eigenvalue weighted by atomic mass is 10.0. The molecular formula is C24H23N5O. The van der Waals surface area contributed by atoms with E-state index in [-0.39, 0.29) is 6.23 Å². The zero-order valence-electron chi connectivity index (χ0n) is 17.2. The number of dihydropyridines is 1. The summed E-state index contributed by atoms with van der Waals surface area (Å²) in [4.78, 5) is 17.7. The lowest BCUT2D eigenvalue weighted by molar-refractivity contribution is 0.128. The second kappa shape index (κ2) is 7.39. The third-order valence-corrected chi connectivity index (χ3v) is 5.54. The van der Waals surface area contributed by atoms with Crippen LogP contribution in [0.15, 0.2) is 66.2 Å². The summed E-state index contributed by atoms with van der Waals surface area (Å²) in [6.45, 7) is 4.17. The van der Waals surface area contributed by atoms with Crippen molar-refractivity contribution in [3.05, 3.63) is 72.0 Å². The van der Waals surface area contributed by atoms with Crippen LogP contribution in [0.1, 0.15) is 26.1 Å². The van der Waals surface area contributed by atoms with E-state index < -0.39 is 0 Å². The Labute approximate surface area is 174 Å². The quantitative estimate of drug-likeness (QED) is 0.481. The van der Waals surface area contributed by atoms with Gasteiger partial charge >= 0.3 is 0 Å². The molecule has 0 amide bonds. The number of H-pyrrole nitrogens is 1. The number of allylic oxidation sites excluding steroid dienone is 4. The molecule has 150 valence electrons. The van der Waals surface area contributed by atoms with Gasteiger partial charge in [0.15, 0.2) is 6.23 Å². The van der Waals surface area contributed by atoms with Gasteiger partial charge in [-0.25, -0.2) is 4.98 Å². The lowest BCUT2D eigenvalue weighted by Gasteiger charge is -2.27. The van der Waals surface area contributed by atoms with Crippen LogP contribution in [-0.4, -0.2) is 33.3 Å². The van der Waals surface area contributed by atoms with E-state index in [2.05, 4.69) is 45.4 Å². The average molecular weight is 397 g/mol. The highest BCUT2D eigenvalue weighted by molar-refractivity contribution is 6.20. The highest BCUT2D eigenvalue weighted by atomic mass is 16.5. The Morgan fingerprint density at radius 2 is 1.80 bits per heavy atom. The predicted molar refractivity (Wildman–Crippen MR) is 121 cm³/mol. The molecule has 0 aliphatic carbocycles. The SMILES string of the molecule is C/C=C\C1=C(CC)C=C(c2nc3c4cccnc4c4ncccc4c3[nH]2)C(OC)N1. The summed E-state index contributed by atoms with van der Waals surface area (Å²) in [6.07, 6.45) is 10.5. The Morgan fingerprint density at radius 3 is 2.50 bits per heavy atom. The number of methoxy groups -OCH3 is 1. The first-order chi connectivity index (χ1) is 14.7. The van der Waals surface area contributed by atoms with E-state index in [1.54, 1.807) is 19.5 Å². The third kappa shape index (κ3) is 2.80. The fourth-order valence-electron chi connectivity index (χ4n) is 4.13. The van der Waals surface area contributed by atoms with E-state index in [1.165, 1.54) is 5.57 Å². The molecule has 0 fully saturated rings. The van der Waals surface area contributed by atoms with Crippen molar-refractivity contribution in [1.29, 1.82) is 0 Å². The van der Waals surface area contributed by atoms with Crippen molar-refractivity contribution in [2.24, 2.45) is 0 Å². The van der Waals surface area contributed by atoms with Crippen LogP contribution in [0.5, 0.6) is 0 Å². The first kappa shape index (κ1) is 18.5. The van der Waals surface area contributed by atoms with Crippen LogP contribution >= 0.6 is 0 Å². The van der Waals surface area contributed by atoms with E-state index in [4.69, 9.17) is 9.72 Å². The predicted octanol–water partition coefficient (Wildman–Crippen LogP) is 4.86. The van der Waals surface area contributed by atoms with Gasteiger partial charge in [0, 0.05) is 41.5 Å². The number of aromatic nitrogens is 4. The molecule has 1 aliphatic heterocycles. The van der Waals surface area contributed by atoms with Crippen LogP contribution in [0.3, 0.4) is 0 Å². The first-order valence-corrected chi connectivity index (χ1v) is 10.1. The molecule has 1 aliphatic rings. The van der Waals surface area contributed by atoms with Crippen molar-refractivity contribution < 1.29 is 4.74 Å². The molecule has 4 heterocycles. The molecule has 30 heavy (non-hydrogen) atoms. The number of benzene rings is 1. The topological polar surface area (TPSA) is 75.7 Å². The number of hydrogen-bond acceptors (Lipinski definition) is 5. The minimum atomic E-state index is -0.291. The van der Waals surface area contributed by atoms with Crippen molar-refractivity contribution >= 4 is 38.4 Å². The number of pyridine rings is 2.